The number of nitrogens with zero attached hydrogens (tertiary/aromatic N) is 1. The number of hydrogen-bond donors (Lipinski definition) is 1. The Morgan fingerprint density at radius 1 is 1.09 bits per heavy atom. The van der Waals surface area contributed by atoms with Crippen LogP contribution in [0.1, 0.15) is 15.9 Å². The van der Waals surface area contributed by atoms with Crippen LogP contribution in [0.3, 0.4) is 0 Å². The monoisotopic (exact) mass is 520 g/mol. The van der Waals surface area contributed by atoms with Gasteiger partial charge in [-0.05, 0) is 75.6 Å². The van der Waals surface area contributed by atoms with Gasteiger partial charge in [0.15, 0.2) is 5.58 Å². The molecule has 0 aliphatic carbocycles. The maximum absolute atomic E-state index is 13.2. The zero-order chi connectivity index (χ0) is 23.1. The number of benzene rings is 4. The smallest absolute Gasteiger partial charge is 0.259 e. The third-order valence-electron chi connectivity index (χ3n) is 5.39. The zero-order valence-corrected chi connectivity index (χ0v) is 20.1. The minimum absolute atomic E-state index is 0.289. The lowest BCUT2D eigenvalue weighted by Gasteiger charge is -2.13. The minimum Gasteiger partial charge on any atom is -0.495 e. The van der Waals surface area contributed by atoms with Crippen LogP contribution in [0.15, 0.2) is 75.6 Å². The molecule has 0 radical (unpaired) electrons. The summed E-state index contributed by atoms with van der Waals surface area (Å²) in [4.78, 5) is 17.7. The van der Waals surface area contributed by atoms with E-state index >= 15 is 0 Å². The van der Waals surface area contributed by atoms with Crippen LogP contribution in [0, 0.1) is 6.92 Å². The lowest BCUT2D eigenvalue weighted by molar-refractivity contribution is 0.102. The highest BCUT2D eigenvalue weighted by Gasteiger charge is 2.19. The molecule has 164 valence electrons. The summed E-state index contributed by atoms with van der Waals surface area (Å²) >= 11 is 9.95. The number of ether oxygens (including phenoxy) is 1. The molecule has 1 amide bonds. The van der Waals surface area contributed by atoms with Gasteiger partial charge in [0.2, 0.25) is 5.89 Å². The molecule has 33 heavy (non-hydrogen) atoms. The molecule has 0 saturated heterocycles. The number of fused-ring (bicyclic) bond motifs is 2. The van der Waals surface area contributed by atoms with Crippen molar-refractivity contribution >= 4 is 61.0 Å². The van der Waals surface area contributed by atoms with Gasteiger partial charge in [-0.25, -0.2) is 4.98 Å². The largest absolute Gasteiger partial charge is 0.495 e. The molecule has 0 saturated carbocycles. The van der Waals surface area contributed by atoms with Gasteiger partial charge in [0.1, 0.15) is 11.3 Å². The van der Waals surface area contributed by atoms with E-state index in [1.165, 1.54) is 0 Å². The second kappa shape index (κ2) is 8.54. The predicted molar refractivity (Wildman–Crippen MR) is 135 cm³/mol. The van der Waals surface area contributed by atoms with Crippen molar-refractivity contribution in [2.75, 3.05) is 12.4 Å². The van der Waals surface area contributed by atoms with Crippen LogP contribution >= 0.6 is 27.5 Å². The average Bonchev–Trinajstić information content (AvgIpc) is 3.22. The van der Waals surface area contributed by atoms with E-state index in [1.54, 1.807) is 25.3 Å². The molecular formula is C26H18BrClN2O3. The van der Waals surface area contributed by atoms with Gasteiger partial charge in [0.25, 0.3) is 5.91 Å². The Bertz CT molecular complexity index is 1540. The van der Waals surface area contributed by atoms with Crippen molar-refractivity contribution in [2.45, 2.75) is 6.92 Å². The number of hydrogen-bond acceptors (Lipinski definition) is 4. The molecule has 4 aromatic carbocycles. The summed E-state index contributed by atoms with van der Waals surface area (Å²) in [5.41, 5.74) is 4.01. The van der Waals surface area contributed by atoms with Gasteiger partial charge in [-0.3, -0.25) is 4.79 Å². The number of oxazole rings is 1. The molecule has 0 unspecified atom stereocenters. The lowest BCUT2D eigenvalue weighted by Crippen LogP contribution is -2.13. The van der Waals surface area contributed by atoms with Gasteiger partial charge < -0.3 is 14.5 Å². The lowest BCUT2D eigenvalue weighted by atomic mass is 10.1. The van der Waals surface area contributed by atoms with E-state index in [1.807, 2.05) is 55.5 Å². The number of carbonyl (C=O) groups is 1. The number of carbonyl (C=O) groups excluding carboxylic acids is 1. The van der Waals surface area contributed by atoms with Crippen LogP contribution in [-0.2, 0) is 0 Å². The number of halogens is 2. The number of methoxy groups -OCH3 is 1. The highest BCUT2D eigenvalue weighted by molar-refractivity contribution is 9.10. The Morgan fingerprint density at radius 2 is 1.91 bits per heavy atom. The van der Waals surface area contributed by atoms with E-state index in [4.69, 9.17) is 20.8 Å². The van der Waals surface area contributed by atoms with E-state index in [0.29, 0.717) is 39.0 Å². The van der Waals surface area contributed by atoms with Crippen LogP contribution in [0.5, 0.6) is 5.75 Å². The summed E-state index contributed by atoms with van der Waals surface area (Å²) in [7, 11) is 1.55. The van der Waals surface area contributed by atoms with Crippen LogP contribution in [0.25, 0.3) is 33.3 Å². The summed E-state index contributed by atoms with van der Waals surface area (Å²) in [6, 6.07) is 20.6. The Balaban J connectivity index is 1.49. The maximum atomic E-state index is 13.2. The van der Waals surface area contributed by atoms with E-state index in [9.17, 15) is 4.79 Å². The van der Waals surface area contributed by atoms with Crippen molar-refractivity contribution in [1.82, 2.24) is 4.98 Å². The molecular weight excluding hydrogens is 504 g/mol. The summed E-state index contributed by atoms with van der Waals surface area (Å²) in [5, 5.41) is 5.41. The molecule has 5 rings (SSSR count). The topological polar surface area (TPSA) is 64.4 Å². The summed E-state index contributed by atoms with van der Waals surface area (Å²) in [6.45, 7) is 1.97. The van der Waals surface area contributed by atoms with Crippen molar-refractivity contribution in [1.29, 1.82) is 0 Å². The molecule has 0 aliphatic heterocycles. The molecule has 5 aromatic rings. The molecule has 0 aliphatic rings. The first-order chi connectivity index (χ1) is 15.9. The molecule has 7 heteroatoms. The first-order valence-corrected chi connectivity index (χ1v) is 11.4. The second-order valence-corrected chi connectivity index (χ2v) is 8.83. The van der Waals surface area contributed by atoms with E-state index < -0.39 is 0 Å². The highest BCUT2D eigenvalue weighted by atomic mass is 79.9. The third kappa shape index (κ3) is 3.96. The number of aryl methyl sites for hydroxylation is 1. The van der Waals surface area contributed by atoms with Crippen LogP contribution in [0.4, 0.5) is 5.69 Å². The normalized spacial score (nSPS) is 11.2. The van der Waals surface area contributed by atoms with Crippen molar-refractivity contribution in [2.24, 2.45) is 0 Å². The predicted octanol–water partition coefficient (Wildman–Crippen LogP) is 7.63. The summed E-state index contributed by atoms with van der Waals surface area (Å²) < 4.78 is 12.2. The Hall–Kier alpha value is -3.35. The van der Waals surface area contributed by atoms with E-state index in [0.717, 1.165) is 26.4 Å². The average molecular weight is 522 g/mol. The number of anilines is 1. The molecule has 5 nitrogen and oxygen atoms in total. The molecule has 0 bridgehead atoms. The number of amides is 1. The Morgan fingerprint density at radius 3 is 2.70 bits per heavy atom. The molecule has 0 fully saturated rings. The van der Waals surface area contributed by atoms with Crippen LogP contribution < -0.4 is 10.1 Å². The zero-order valence-electron chi connectivity index (χ0n) is 17.8. The van der Waals surface area contributed by atoms with Gasteiger partial charge in [0.05, 0.1) is 27.7 Å². The Kier molecular flexibility index (Phi) is 5.56. The summed E-state index contributed by atoms with van der Waals surface area (Å²) in [6.07, 6.45) is 0. The molecule has 1 aromatic heterocycles. The number of nitrogens with one attached hydrogen (secondary N) is 1. The van der Waals surface area contributed by atoms with Gasteiger partial charge in [-0.15, -0.1) is 0 Å². The van der Waals surface area contributed by atoms with Gasteiger partial charge in [-0.2, -0.15) is 0 Å². The quantitative estimate of drug-likeness (QED) is 0.264. The molecule has 1 heterocycles. The van der Waals surface area contributed by atoms with Gasteiger partial charge >= 0.3 is 0 Å². The highest BCUT2D eigenvalue weighted by Crippen LogP contribution is 2.37. The van der Waals surface area contributed by atoms with Crippen molar-refractivity contribution in [3.63, 3.8) is 0 Å². The van der Waals surface area contributed by atoms with Gasteiger partial charge in [-0.1, -0.05) is 41.9 Å². The van der Waals surface area contributed by atoms with Crippen LogP contribution in [0.2, 0.25) is 5.02 Å². The summed E-state index contributed by atoms with van der Waals surface area (Å²) in [5.74, 6) is 0.617. The SMILES string of the molecule is COc1c(C(=O)Nc2ccc3oc(-c4ccc(C)cc4Cl)nc3c2)cc2ccccc2c1Br. The van der Waals surface area contributed by atoms with E-state index in [-0.39, 0.29) is 5.91 Å². The van der Waals surface area contributed by atoms with Crippen LogP contribution in [-0.4, -0.2) is 18.0 Å². The van der Waals surface area contributed by atoms with Crippen molar-refractivity contribution < 1.29 is 13.9 Å². The van der Waals surface area contributed by atoms with Crippen molar-refractivity contribution in [3.8, 4) is 17.2 Å². The Labute approximate surface area is 203 Å². The maximum Gasteiger partial charge on any atom is 0.259 e. The van der Waals surface area contributed by atoms with Gasteiger partial charge in [0, 0.05) is 5.69 Å². The fourth-order valence-electron chi connectivity index (χ4n) is 3.76. The fourth-order valence-corrected chi connectivity index (χ4v) is 4.82. The van der Waals surface area contributed by atoms with Crippen molar-refractivity contribution in [3.05, 3.63) is 87.4 Å². The second-order valence-electron chi connectivity index (χ2n) is 7.63. The number of aromatic nitrogens is 1. The molecule has 0 spiro atoms. The fraction of sp³-hybridized carbons (Fsp3) is 0.0769. The van der Waals surface area contributed by atoms with E-state index in [2.05, 4.69) is 26.2 Å². The first-order valence-electron chi connectivity index (χ1n) is 10.2. The third-order valence-corrected chi connectivity index (χ3v) is 6.49. The first kappa shape index (κ1) is 21.5. The minimum atomic E-state index is -0.289. The standard InChI is InChI=1S/C26H18BrClN2O3/c1-14-7-9-18(20(28)11-14)26-30-21-13-16(8-10-22(21)33-26)29-25(31)19-12-15-5-3-4-6-17(15)23(27)24(19)32-2/h3-13H,1-2H3,(H,29,31). The number of rotatable bonds is 4. The molecule has 0 atom stereocenters. The molecule has 1 N–H and O–H groups in total.